The molecule has 0 bridgehead atoms. The summed E-state index contributed by atoms with van der Waals surface area (Å²) >= 11 is 0. The molecule has 3 aromatic rings. The number of rotatable bonds is 18. The monoisotopic (exact) mass is 900 g/mol. The van der Waals surface area contributed by atoms with Crippen molar-refractivity contribution in [3.8, 4) is 0 Å². The molecule has 3 rings (SSSR count). The van der Waals surface area contributed by atoms with Crippen molar-refractivity contribution in [2.75, 3.05) is 0 Å². The summed E-state index contributed by atoms with van der Waals surface area (Å²) in [5.74, 6) is 10.1. The lowest BCUT2D eigenvalue weighted by molar-refractivity contribution is -0.270. The highest BCUT2D eigenvalue weighted by molar-refractivity contribution is 5.87. The first-order chi connectivity index (χ1) is 28.1. The minimum Gasteiger partial charge on any atom is -0.352 e. The fourth-order valence-corrected chi connectivity index (χ4v) is 4.93. The average molecular weight is 901 g/mol. The maximum Gasteiger partial charge on any atom is 0.427 e. The normalized spacial score (nSPS) is 14.2. The first-order valence-corrected chi connectivity index (χ1v) is 17.2. The Morgan fingerprint density at radius 2 is 0.656 bits per heavy atom. The van der Waals surface area contributed by atoms with Crippen LogP contribution in [-0.2, 0) is 48.4 Å². The molecule has 0 aliphatic heterocycles. The van der Waals surface area contributed by atoms with Crippen LogP contribution in [0, 0.1) is 0 Å². The Kier molecular flexibility index (Phi) is 23.3. The van der Waals surface area contributed by atoms with Crippen LogP contribution < -0.4 is 33.8 Å². The molecule has 12 nitrogen and oxygen atoms in total. The van der Waals surface area contributed by atoms with Crippen LogP contribution >= 0.6 is 12.4 Å². The molecule has 61 heavy (non-hydrogen) atoms. The summed E-state index contributed by atoms with van der Waals surface area (Å²) in [6.45, 7) is 8.57. The molecule has 3 atom stereocenters. The largest absolute Gasteiger partial charge is 0.427 e. The molecule has 3 amide bonds. The highest BCUT2D eigenvalue weighted by Crippen LogP contribution is 2.40. The Morgan fingerprint density at radius 1 is 0.459 bits per heavy atom. The summed E-state index contributed by atoms with van der Waals surface area (Å²) in [4.78, 5) is 34.7. The lowest BCUT2D eigenvalue weighted by Crippen LogP contribution is -2.59. The van der Waals surface area contributed by atoms with Gasteiger partial charge in [0.2, 0.25) is 16.8 Å². The molecule has 338 valence electrons. The first kappa shape index (κ1) is 55.7. The Morgan fingerprint density at radius 3 is 0.803 bits per heavy atom. The number of hydrogen-bond donors (Lipinski definition) is 6. The van der Waals surface area contributed by atoms with Crippen LogP contribution in [0.4, 0.5) is 39.5 Å². The second-order valence-electron chi connectivity index (χ2n) is 12.2. The number of hydrazine groups is 3. The summed E-state index contributed by atoms with van der Waals surface area (Å²) in [5.41, 5.74) is -3.09. The highest BCUT2D eigenvalue weighted by atomic mass is 35.5. The second kappa shape index (κ2) is 25.5. The Labute approximate surface area is 351 Å². The van der Waals surface area contributed by atoms with E-state index >= 15 is 0 Å². The third-order valence-electron chi connectivity index (χ3n) is 8.15. The van der Waals surface area contributed by atoms with E-state index in [4.69, 9.17) is 31.7 Å². The van der Waals surface area contributed by atoms with E-state index in [1.165, 1.54) is 16.3 Å². The van der Waals surface area contributed by atoms with Crippen LogP contribution in [0.2, 0.25) is 0 Å². The maximum atomic E-state index is 13.2. The third-order valence-corrected chi connectivity index (χ3v) is 8.15. The van der Waals surface area contributed by atoms with Gasteiger partial charge < -0.3 is 14.2 Å². The number of ether oxygens (including phenoxy) is 3. The van der Waals surface area contributed by atoms with Gasteiger partial charge in [0.25, 0.3) is 17.7 Å². The van der Waals surface area contributed by atoms with Gasteiger partial charge in [0.15, 0.2) is 0 Å². The number of hydrogen-bond acceptors (Lipinski definition) is 9. The molecular formula is C39H46ClF9N6O6. The fourth-order valence-electron chi connectivity index (χ4n) is 4.93. The van der Waals surface area contributed by atoms with E-state index in [1.54, 1.807) is 91.0 Å². The van der Waals surface area contributed by atoms with Crippen molar-refractivity contribution in [2.45, 2.75) is 74.4 Å². The fraction of sp³-hybridized carbons (Fsp3) is 0.308. The van der Waals surface area contributed by atoms with E-state index in [-0.39, 0.29) is 32.2 Å². The molecule has 0 saturated carbocycles. The first-order valence-electron chi connectivity index (χ1n) is 17.2. The number of amides is 3. The van der Waals surface area contributed by atoms with Crippen LogP contribution in [0.5, 0.6) is 0 Å². The van der Waals surface area contributed by atoms with Gasteiger partial charge in [0, 0.05) is 19.3 Å². The maximum absolute atomic E-state index is 13.2. The van der Waals surface area contributed by atoms with Gasteiger partial charge >= 0.3 is 18.5 Å². The van der Waals surface area contributed by atoms with Gasteiger partial charge in [-0.05, 0) is 16.7 Å². The van der Waals surface area contributed by atoms with Crippen molar-refractivity contribution in [2.24, 2.45) is 17.5 Å². The second-order valence-corrected chi connectivity index (χ2v) is 12.2. The molecule has 0 aliphatic rings. The zero-order valence-corrected chi connectivity index (χ0v) is 33.1. The average Bonchev–Trinajstić information content (AvgIpc) is 3.22. The lowest BCUT2D eigenvalue weighted by atomic mass is 9.97. The van der Waals surface area contributed by atoms with Crippen molar-refractivity contribution < 1.29 is 68.1 Å². The molecule has 0 radical (unpaired) electrons. The van der Waals surface area contributed by atoms with Crippen molar-refractivity contribution in [3.63, 3.8) is 0 Å². The van der Waals surface area contributed by atoms with Gasteiger partial charge in [0.05, 0.1) is 19.8 Å². The minimum absolute atomic E-state index is 0. The van der Waals surface area contributed by atoms with Crippen LogP contribution in [0.1, 0.15) is 36.0 Å². The zero-order valence-electron chi connectivity index (χ0n) is 32.2. The minimum atomic E-state index is -4.92. The summed E-state index contributed by atoms with van der Waals surface area (Å²) < 4.78 is 134. The van der Waals surface area contributed by atoms with Gasteiger partial charge in [-0.25, -0.2) is 17.5 Å². The predicted octanol–water partition coefficient (Wildman–Crippen LogP) is 6.63. The van der Waals surface area contributed by atoms with Crippen molar-refractivity contribution >= 4 is 30.1 Å². The Bertz CT molecular complexity index is 1600. The number of nitrogens with one attached hydrogen (secondary N) is 3. The van der Waals surface area contributed by atoms with Gasteiger partial charge in [0.1, 0.15) is 0 Å². The molecule has 0 heterocycles. The van der Waals surface area contributed by atoms with Gasteiger partial charge in [-0.15, -0.1) is 32.1 Å². The van der Waals surface area contributed by atoms with Crippen molar-refractivity contribution in [1.82, 2.24) is 16.3 Å². The van der Waals surface area contributed by atoms with Crippen molar-refractivity contribution in [3.05, 3.63) is 146 Å². The number of benzene rings is 3. The van der Waals surface area contributed by atoms with E-state index in [0.717, 1.165) is 18.2 Å². The van der Waals surface area contributed by atoms with Crippen molar-refractivity contribution in [1.29, 1.82) is 0 Å². The lowest BCUT2D eigenvalue weighted by Gasteiger charge is -2.32. The van der Waals surface area contributed by atoms with Crippen LogP contribution in [-0.4, -0.2) is 53.1 Å². The van der Waals surface area contributed by atoms with Gasteiger partial charge in [-0.3, -0.25) is 30.7 Å². The summed E-state index contributed by atoms with van der Waals surface area (Å²) in [6, 6.07) is 24.7. The quantitative estimate of drug-likeness (QED) is 0.0267. The number of alkyl halides is 9. The molecule has 2 unspecified atom stereocenters. The summed E-state index contributed by atoms with van der Waals surface area (Å²) in [7, 11) is 0. The van der Waals surface area contributed by atoms with E-state index < -0.39 is 72.3 Å². The smallest absolute Gasteiger partial charge is 0.352 e. The van der Waals surface area contributed by atoms with Gasteiger partial charge in [-0.2, -0.15) is 39.5 Å². The molecule has 0 aromatic heterocycles. The van der Waals surface area contributed by atoms with Crippen LogP contribution in [0.3, 0.4) is 0 Å². The molecule has 3 aromatic carbocycles. The van der Waals surface area contributed by atoms with Gasteiger partial charge in [-0.1, -0.05) is 109 Å². The van der Waals surface area contributed by atoms with E-state index in [1.807, 2.05) is 0 Å². The van der Waals surface area contributed by atoms with Crippen LogP contribution in [0.25, 0.3) is 0 Å². The van der Waals surface area contributed by atoms with E-state index in [0.29, 0.717) is 16.7 Å². The number of halogens is 10. The molecule has 0 saturated heterocycles. The van der Waals surface area contributed by atoms with E-state index in [9.17, 15) is 53.9 Å². The molecule has 0 aliphatic carbocycles. The SMILES string of the molecule is C=CCC(OCc1ccccc1)(C(=O)NN)C(F)(F)F.C=CCC(OCc1ccccc1)(C(=O)NN)C(F)(F)F.C=CC[C@@](OCc1ccccc1)(C(=O)NN)C(F)(F)F.Cl. The molecule has 9 N–H and O–H groups in total. The number of carbonyl (C=O) groups is 3. The summed E-state index contributed by atoms with van der Waals surface area (Å²) in [5, 5.41) is 0. The highest BCUT2D eigenvalue weighted by Gasteiger charge is 2.63. The molecule has 0 spiro atoms. The third kappa shape index (κ3) is 15.3. The number of nitrogens with two attached hydrogens (primary N) is 3. The molecule has 0 fully saturated rings. The Balaban J connectivity index is 0.000000878. The zero-order chi connectivity index (χ0) is 45.7. The topological polar surface area (TPSA) is 193 Å². The summed E-state index contributed by atoms with van der Waals surface area (Å²) in [6.07, 6.45) is -14.0. The van der Waals surface area contributed by atoms with E-state index in [2.05, 4.69) is 19.7 Å². The number of carbonyl (C=O) groups excluding carboxylic acids is 3. The Hall–Kier alpha value is -5.29. The molecular weight excluding hydrogens is 855 g/mol. The van der Waals surface area contributed by atoms with Crippen LogP contribution in [0.15, 0.2) is 129 Å². The molecule has 22 heteroatoms. The standard InChI is InChI=1S/3C13H15F3N2O2.ClH/c3*1-2-8-12(11(19)18-17,13(14,15)16)20-9-10-6-4-3-5-7-10;/h3*2-7H,1,8-9,17H2,(H,18,19);1H/t12-;;;/m1.../s1. The predicted molar refractivity (Wildman–Crippen MR) is 209 cm³/mol.